The van der Waals surface area contributed by atoms with Gasteiger partial charge in [0.15, 0.2) is 0 Å². The molecule has 0 bridgehead atoms. The number of para-hydroxylation sites is 1. The Morgan fingerprint density at radius 2 is 1.39 bits per heavy atom. The number of fused-ring (bicyclic) bond motifs is 1. The SMILES string of the molecule is CN1C(=O)/C(=c2/c(=O)n(C)/c(=C\c3ccccc3)c(=O)n2C)c2ccccc21. The molecule has 6 heteroatoms. The molecule has 2 aromatic carbocycles. The number of carbonyl (C=O) groups is 1. The molecule has 2 heterocycles. The first-order valence-corrected chi connectivity index (χ1v) is 8.86. The van der Waals surface area contributed by atoms with Crippen LogP contribution in [0.1, 0.15) is 11.1 Å². The van der Waals surface area contributed by atoms with Gasteiger partial charge in [0, 0.05) is 26.7 Å². The molecular weight excluding hydrogens is 354 g/mol. The van der Waals surface area contributed by atoms with E-state index in [0.717, 1.165) is 11.3 Å². The van der Waals surface area contributed by atoms with E-state index >= 15 is 0 Å². The van der Waals surface area contributed by atoms with Gasteiger partial charge in [0.1, 0.15) is 10.7 Å². The minimum absolute atomic E-state index is 0.0968. The first-order chi connectivity index (χ1) is 13.4. The molecule has 0 spiro atoms. The molecule has 1 aliphatic heterocycles. The maximum absolute atomic E-state index is 13.2. The van der Waals surface area contributed by atoms with E-state index in [2.05, 4.69) is 0 Å². The molecule has 0 aliphatic carbocycles. The fourth-order valence-electron chi connectivity index (χ4n) is 3.57. The van der Waals surface area contributed by atoms with Crippen molar-refractivity contribution in [3.8, 4) is 0 Å². The monoisotopic (exact) mass is 373 g/mol. The molecule has 1 aromatic heterocycles. The molecule has 0 radical (unpaired) electrons. The van der Waals surface area contributed by atoms with Gasteiger partial charge >= 0.3 is 0 Å². The van der Waals surface area contributed by atoms with Crippen molar-refractivity contribution in [1.29, 1.82) is 0 Å². The Hall–Kier alpha value is -3.67. The maximum atomic E-state index is 13.2. The molecule has 0 atom stereocenters. The molecular formula is C22H19N3O3. The fraction of sp³-hybridized carbons (Fsp3) is 0.136. The number of carbonyl (C=O) groups excluding carboxylic acids is 1. The second kappa shape index (κ2) is 6.49. The summed E-state index contributed by atoms with van der Waals surface area (Å²) in [5, 5.41) is 0.356. The highest BCUT2D eigenvalue weighted by molar-refractivity contribution is 6.31. The van der Waals surface area contributed by atoms with Crippen molar-refractivity contribution in [2.24, 2.45) is 14.1 Å². The fourth-order valence-corrected chi connectivity index (χ4v) is 3.57. The third-order valence-electron chi connectivity index (χ3n) is 5.12. The Labute approximate surface area is 160 Å². The Morgan fingerprint density at radius 3 is 2.11 bits per heavy atom. The summed E-state index contributed by atoms with van der Waals surface area (Å²) in [6, 6.07) is 16.6. The largest absolute Gasteiger partial charge is 0.311 e. The van der Waals surface area contributed by atoms with E-state index in [9.17, 15) is 14.4 Å². The molecule has 1 aliphatic rings. The first-order valence-electron chi connectivity index (χ1n) is 8.86. The first kappa shape index (κ1) is 17.7. The van der Waals surface area contributed by atoms with Gasteiger partial charge in [-0.25, -0.2) is 0 Å². The molecule has 28 heavy (non-hydrogen) atoms. The van der Waals surface area contributed by atoms with Gasteiger partial charge in [-0.05, 0) is 17.7 Å². The van der Waals surface area contributed by atoms with E-state index in [-0.39, 0.29) is 27.7 Å². The number of hydrogen-bond donors (Lipinski definition) is 0. The number of rotatable bonds is 1. The topological polar surface area (TPSA) is 64.3 Å². The Bertz CT molecular complexity index is 1350. The van der Waals surface area contributed by atoms with Gasteiger partial charge in [-0.2, -0.15) is 0 Å². The lowest BCUT2D eigenvalue weighted by molar-refractivity contribution is -0.112. The predicted molar refractivity (Wildman–Crippen MR) is 109 cm³/mol. The maximum Gasteiger partial charge on any atom is 0.275 e. The molecule has 0 N–H and O–H groups in total. The van der Waals surface area contributed by atoms with Crippen LogP contribution in [0, 0.1) is 0 Å². The van der Waals surface area contributed by atoms with Crippen LogP contribution in [0.5, 0.6) is 0 Å². The summed E-state index contributed by atoms with van der Waals surface area (Å²) in [6.07, 6.45) is 1.68. The zero-order chi connectivity index (χ0) is 20.0. The Kier molecular flexibility index (Phi) is 4.11. The third kappa shape index (κ3) is 2.53. The van der Waals surface area contributed by atoms with Gasteiger partial charge in [-0.3, -0.25) is 14.4 Å². The summed E-state index contributed by atoms with van der Waals surface area (Å²) in [4.78, 5) is 40.6. The number of hydrogen-bond acceptors (Lipinski definition) is 3. The lowest BCUT2D eigenvalue weighted by Crippen LogP contribution is -2.57. The highest BCUT2D eigenvalue weighted by Gasteiger charge is 2.31. The summed E-state index contributed by atoms with van der Waals surface area (Å²) in [5.41, 5.74) is 1.71. The van der Waals surface area contributed by atoms with Crippen LogP contribution in [0.25, 0.3) is 11.6 Å². The summed E-state index contributed by atoms with van der Waals surface area (Å²) in [6.45, 7) is 0. The van der Waals surface area contributed by atoms with Gasteiger partial charge < -0.3 is 14.0 Å². The zero-order valence-corrected chi connectivity index (χ0v) is 15.8. The van der Waals surface area contributed by atoms with E-state index in [1.807, 2.05) is 48.5 Å². The lowest BCUT2D eigenvalue weighted by atomic mass is 10.1. The van der Waals surface area contributed by atoms with Gasteiger partial charge in [-0.1, -0.05) is 48.5 Å². The summed E-state index contributed by atoms with van der Waals surface area (Å²) < 4.78 is 2.59. The van der Waals surface area contributed by atoms with Crippen molar-refractivity contribution in [1.82, 2.24) is 9.13 Å². The van der Waals surface area contributed by atoms with Crippen LogP contribution in [0.15, 0.2) is 64.2 Å². The van der Waals surface area contributed by atoms with Crippen molar-refractivity contribution >= 4 is 23.2 Å². The van der Waals surface area contributed by atoms with Crippen molar-refractivity contribution in [2.45, 2.75) is 0 Å². The van der Waals surface area contributed by atoms with Crippen LogP contribution < -0.4 is 26.7 Å². The normalized spacial score (nSPS) is 15.9. The molecule has 0 saturated carbocycles. The minimum atomic E-state index is -0.391. The number of anilines is 1. The highest BCUT2D eigenvalue weighted by Crippen LogP contribution is 2.33. The van der Waals surface area contributed by atoms with E-state index in [1.54, 1.807) is 26.2 Å². The quantitative estimate of drug-likeness (QED) is 0.607. The van der Waals surface area contributed by atoms with Crippen LogP contribution in [-0.2, 0) is 18.9 Å². The average molecular weight is 373 g/mol. The standard InChI is InChI=1S/C22H19N3O3/c1-23-16-12-8-7-11-15(16)18(21(23)27)19-22(28)24(2)17(20(26)25(19)3)13-14-9-5-4-6-10-14/h4-13H,1-3H3/b17-13-,19-18-. The predicted octanol–water partition coefficient (Wildman–Crippen LogP) is 0.0882. The molecule has 0 saturated heterocycles. The van der Waals surface area contributed by atoms with Crippen LogP contribution in [-0.4, -0.2) is 22.1 Å². The van der Waals surface area contributed by atoms with Crippen LogP contribution in [0.4, 0.5) is 5.69 Å². The average Bonchev–Trinajstić information content (AvgIpc) is 2.96. The van der Waals surface area contributed by atoms with Crippen LogP contribution in [0.2, 0.25) is 0 Å². The van der Waals surface area contributed by atoms with Gasteiger partial charge in [-0.15, -0.1) is 0 Å². The zero-order valence-electron chi connectivity index (χ0n) is 15.8. The van der Waals surface area contributed by atoms with Crippen LogP contribution >= 0.6 is 0 Å². The number of nitrogens with zero attached hydrogens (tertiary/aromatic N) is 3. The lowest BCUT2D eigenvalue weighted by Gasteiger charge is -2.09. The Morgan fingerprint density at radius 1 is 0.750 bits per heavy atom. The van der Waals surface area contributed by atoms with Crippen molar-refractivity contribution < 1.29 is 4.79 Å². The van der Waals surface area contributed by atoms with Crippen molar-refractivity contribution in [2.75, 3.05) is 11.9 Å². The molecule has 140 valence electrons. The smallest absolute Gasteiger partial charge is 0.275 e. The highest BCUT2D eigenvalue weighted by atomic mass is 16.2. The van der Waals surface area contributed by atoms with Crippen LogP contribution in [0.3, 0.4) is 0 Å². The van der Waals surface area contributed by atoms with Gasteiger partial charge in [0.25, 0.3) is 17.0 Å². The summed E-state index contributed by atoms with van der Waals surface area (Å²) in [7, 11) is 4.74. The number of benzene rings is 2. The molecule has 3 aromatic rings. The third-order valence-corrected chi connectivity index (χ3v) is 5.12. The van der Waals surface area contributed by atoms with Crippen molar-refractivity contribution in [3.63, 3.8) is 0 Å². The molecule has 0 fully saturated rings. The van der Waals surface area contributed by atoms with E-state index in [1.165, 1.54) is 21.1 Å². The number of amides is 1. The Balaban J connectivity index is 2.15. The molecule has 4 rings (SSSR count). The summed E-state index contributed by atoms with van der Waals surface area (Å²) >= 11 is 0. The number of likely N-dealkylation sites (N-methyl/N-ethyl adjacent to an activating group) is 1. The number of aromatic nitrogens is 2. The second-order valence-corrected chi connectivity index (χ2v) is 6.77. The van der Waals surface area contributed by atoms with E-state index in [4.69, 9.17) is 0 Å². The summed E-state index contributed by atoms with van der Waals surface area (Å²) in [5.74, 6) is -0.298. The van der Waals surface area contributed by atoms with E-state index < -0.39 is 5.56 Å². The molecule has 6 nitrogen and oxygen atoms in total. The van der Waals surface area contributed by atoms with Gasteiger partial charge in [0.05, 0.1) is 11.3 Å². The van der Waals surface area contributed by atoms with E-state index in [0.29, 0.717) is 5.56 Å². The second-order valence-electron chi connectivity index (χ2n) is 6.77. The van der Waals surface area contributed by atoms with Crippen molar-refractivity contribution in [3.05, 3.63) is 97.1 Å². The molecule has 1 amide bonds. The van der Waals surface area contributed by atoms with Gasteiger partial charge in [0.2, 0.25) is 0 Å². The minimum Gasteiger partial charge on any atom is -0.311 e. The molecule has 0 unspecified atom stereocenters.